The van der Waals surface area contributed by atoms with E-state index in [1.165, 1.54) is 0 Å². The summed E-state index contributed by atoms with van der Waals surface area (Å²) in [6, 6.07) is 3.96. The molecule has 0 aliphatic heterocycles. The van der Waals surface area contributed by atoms with Gasteiger partial charge in [-0.25, -0.2) is 0 Å². The van der Waals surface area contributed by atoms with Crippen LogP contribution < -0.4 is 5.32 Å². The maximum Gasteiger partial charge on any atom is 0.225 e. The molecule has 0 unspecified atom stereocenters. The van der Waals surface area contributed by atoms with Gasteiger partial charge < -0.3 is 5.32 Å². The number of amides is 1. The number of carbonyl (C=O) groups excluding carboxylic acids is 1. The molecule has 2 nitrogen and oxygen atoms in total. The molecule has 1 N–H and O–H groups in total. The van der Waals surface area contributed by atoms with Gasteiger partial charge in [-0.1, -0.05) is 13.0 Å². The van der Waals surface area contributed by atoms with Crippen molar-refractivity contribution < 1.29 is 4.79 Å². The van der Waals surface area contributed by atoms with Gasteiger partial charge in [0.05, 0.1) is 6.42 Å². The molecule has 0 radical (unpaired) electrons. The van der Waals surface area contributed by atoms with Crippen molar-refractivity contribution in [2.45, 2.75) is 39.2 Å². The largest absolute Gasteiger partial charge is 0.351 e. The Morgan fingerprint density at radius 1 is 1.57 bits per heavy atom. The Bertz CT molecular complexity index is 290. The molecule has 1 aromatic heterocycles. The standard InChI is InChI=1S/C11H17NOS/c1-4-11(2,3)12-10(13)8-9-6-5-7-14-9/h5-7H,4,8H2,1-3H3,(H,12,13). The zero-order valence-electron chi connectivity index (χ0n) is 8.96. The van der Waals surface area contributed by atoms with E-state index in [9.17, 15) is 4.79 Å². The first kappa shape index (κ1) is 11.2. The Hall–Kier alpha value is -0.830. The molecular weight excluding hydrogens is 194 g/mol. The summed E-state index contributed by atoms with van der Waals surface area (Å²) in [4.78, 5) is 12.7. The number of nitrogens with one attached hydrogen (secondary N) is 1. The fraction of sp³-hybridized carbons (Fsp3) is 0.545. The van der Waals surface area contributed by atoms with Gasteiger partial charge >= 0.3 is 0 Å². The lowest BCUT2D eigenvalue weighted by Gasteiger charge is -2.24. The molecule has 1 heterocycles. The lowest BCUT2D eigenvalue weighted by Crippen LogP contribution is -2.43. The molecule has 0 saturated carbocycles. The van der Waals surface area contributed by atoms with Crippen LogP contribution in [0.15, 0.2) is 17.5 Å². The third-order valence-electron chi connectivity index (χ3n) is 2.28. The molecule has 3 heteroatoms. The summed E-state index contributed by atoms with van der Waals surface area (Å²) in [5.41, 5.74) is -0.0889. The lowest BCUT2D eigenvalue weighted by molar-refractivity contribution is -0.122. The molecule has 14 heavy (non-hydrogen) atoms. The number of rotatable bonds is 4. The zero-order chi connectivity index (χ0) is 10.6. The minimum absolute atomic E-state index is 0.0889. The van der Waals surface area contributed by atoms with E-state index in [0.717, 1.165) is 11.3 Å². The number of hydrogen-bond donors (Lipinski definition) is 1. The highest BCUT2D eigenvalue weighted by molar-refractivity contribution is 7.10. The Morgan fingerprint density at radius 2 is 2.29 bits per heavy atom. The Labute approximate surface area is 89.3 Å². The molecule has 0 aliphatic carbocycles. The van der Waals surface area contributed by atoms with Crippen molar-refractivity contribution >= 4 is 17.2 Å². The van der Waals surface area contributed by atoms with E-state index in [1.807, 2.05) is 31.4 Å². The van der Waals surface area contributed by atoms with Crippen molar-refractivity contribution in [1.82, 2.24) is 5.32 Å². The molecule has 0 atom stereocenters. The topological polar surface area (TPSA) is 29.1 Å². The van der Waals surface area contributed by atoms with Gasteiger partial charge in [0.1, 0.15) is 0 Å². The molecule has 1 amide bonds. The Morgan fingerprint density at radius 3 is 2.79 bits per heavy atom. The fourth-order valence-corrected chi connectivity index (χ4v) is 1.78. The second-order valence-electron chi connectivity index (χ2n) is 4.04. The number of carbonyl (C=O) groups is 1. The van der Waals surface area contributed by atoms with E-state index in [1.54, 1.807) is 11.3 Å². The first-order chi connectivity index (χ1) is 6.53. The van der Waals surface area contributed by atoms with Crippen molar-refractivity contribution in [1.29, 1.82) is 0 Å². The summed E-state index contributed by atoms with van der Waals surface area (Å²) in [7, 11) is 0. The highest BCUT2D eigenvalue weighted by atomic mass is 32.1. The van der Waals surface area contributed by atoms with Crippen LogP contribution >= 0.6 is 11.3 Å². The minimum atomic E-state index is -0.0889. The molecule has 1 rings (SSSR count). The van der Waals surface area contributed by atoms with Gasteiger partial charge in [0.15, 0.2) is 0 Å². The van der Waals surface area contributed by atoms with Crippen LogP contribution in [0, 0.1) is 0 Å². The van der Waals surface area contributed by atoms with Gasteiger partial charge in [0.2, 0.25) is 5.91 Å². The van der Waals surface area contributed by atoms with Crippen molar-refractivity contribution in [2.75, 3.05) is 0 Å². The van der Waals surface area contributed by atoms with E-state index in [-0.39, 0.29) is 11.4 Å². The van der Waals surface area contributed by atoms with Crippen LogP contribution in [-0.2, 0) is 11.2 Å². The van der Waals surface area contributed by atoms with Crippen molar-refractivity contribution in [2.24, 2.45) is 0 Å². The maximum absolute atomic E-state index is 11.6. The van der Waals surface area contributed by atoms with Crippen LogP contribution in [0.5, 0.6) is 0 Å². The molecule has 0 aliphatic rings. The van der Waals surface area contributed by atoms with E-state index >= 15 is 0 Å². The monoisotopic (exact) mass is 211 g/mol. The third-order valence-corrected chi connectivity index (χ3v) is 3.15. The second-order valence-corrected chi connectivity index (χ2v) is 5.07. The molecule has 0 aromatic carbocycles. The fourth-order valence-electron chi connectivity index (χ4n) is 1.08. The van der Waals surface area contributed by atoms with Gasteiger partial charge in [-0.15, -0.1) is 11.3 Å². The second kappa shape index (κ2) is 4.60. The van der Waals surface area contributed by atoms with E-state index in [2.05, 4.69) is 12.2 Å². The summed E-state index contributed by atoms with van der Waals surface area (Å²) < 4.78 is 0. The summed E-state index contributed by atoms with van der Waals surface area (Å²) in [6.07, 6.45) is 1.45. The van der Waals surface area contributed by atoms with Crippen molar-refractivity contribution in [3.63, 3.8) is 0 Å². The summed E-state index contributed by atoms with van der Waals surface area (Å²) >= 11 is 1.62. The van der Waals surface area contributed by atoms with Crippen molar-refractivity contribution in [3.8, 4) is 0 Å². The average Bonchev–Trinajstić information content (AvgIpc) is 2.55. The maximum atomic E-state index is 11.6. The van der Waals surface area contributed by atoms with Gasteiger partial charge in [-0.05, 0) is 31.7 Å². The molecular formula is C11H17NOS. The number of thiophene rings is 1. The number of hydrogen-bond acceptors (Lipinski definition) is 2. The first-order valence-corrected chi connectivity index (χ1v) is 5.75. The Balaban J connectivity index is 2.44. The quantitative estimate of drug-likeness (QED) is 0.815. The van der Waals surface area contributed by atoms with Gasteiger partial charge in [0.25, 0.3) is 0 Å². The van der Waals surface area contributed by atoms with Crippen LogP contribution in [0.3, 0.4) is 0 Å². The molecule has 1 aromatic rings. The smallest absolute Gasteiger partial charge is 0.225 e. The Kier molecular flexibility index (Phi) is 3.69. The van der Waals surface area contributed by atoms with E-state index in [0.29, 0.717) is 6.42 Å². The third kappa shape index (κ3) is 3.50. The van der Waals surface area contributed by atoms with E-state index < -0.39 is 0 Å². The van der Waals surface area contributed by atoms with Crippen LogP contribution in [0.4, 0.5) is 0 Å². The van der Waals surface area contributed by atoms with Crippen LogP contribution in [0.25, 0.3) is 0 Å². The van der Waals surface area contributed by atoms with Crippen LogP contribution in [0.1, 0.15) is 32.1 Å². The highest BCUT2D eigenvalue weighted by Crippen LogP contribution is 2.11. The van der Waals surface area contributed by atoms with Crippen molar-refractivity contribution in [3.05, 3.63) is 22.4 Å². The summed E-state index contributed by atoms with van der Waals surface area (Å²) in [6.45, 7) is 6.16. The molecule has 0 spiro atoms. The minimum Gasteiger partial charge on any atom is -0.351 e. The molecule has 0 fully saturated rings. The SMILES string of the molecule is CCC(C)(C)NC(=O)Cc1cccs1. The molecule has 0 bridgehead atoms. The van der Waals surface area contributed by atoms with E-state index in [4.69, 9.17) is 0 Å². The van der Waals surface area contributed by atoms with Crippen LogP contribution in [0.2, 0.25) is 0 Å². The van der Waals surface area contributed by atoms with Gasteiger partial charge in [-0.2, -0.15) is 0 Å². The molecule has 0 saturated heterocycles. The summed E-state index contributed by atoms with van der Waals surface area (Å²) in [5, 5.41) is 5.01. The predicted octanol–water partition coefficient (Wildman–Crippen LogP) is 2.60. The lowest BCUT2D eigenvalue weighted by atomic mass is 10.0. The van der Waals surface area contributed by atoms with Gasteiger partial charge in [0, 0.05) is 10.4 Å². The van der Waals surface area contributed by atoms with Gasteiger partial charge in [-0.3, -0.25) is 4.79 Å². The average molecular weight is 211 g/mol. The summed E-state index contributed by atoms with van der Waals surface area (Å²) in [5.74, 6) is 0.110. The normalized spacial score (nSPS) is 11.4. The van der Waals surface area contributed by atoms with Crippen LogP contribution in [-0.4, -0.2) is 11.4 Å². The zero-order valence-corrected chi connectivity index (χ0v) is 9.78. The predicted molar refractivity (Wildman–Crippen MR) is 60.5 cm³/mol. The first-order valence-electron chi connectivity index (χ1n) is 4.87. The highest BCUT2D eigenvalue weighted by Gasteiger charge is 2.17. The molecule has 78 valence electrons.